The lowest BCUT2D eigenvalue weighted by Crippen LogP contribution is -2.40. The van der Waals surface area contributed by atoms with Crippen molar-refractivity contribution in [3.8, 4) is 0 Å². The Morgan fingerprint density at radius 1 is 1.04 bits per heavy atom. The van der Waals surface area contributed by atoms with E-state index in [1.165, 1.54) is 5.56 Å². The third-order valence-electron chi connectivity index (χ3n) is 5.06. The van der Waals surface area contributed by atoms with E-state index in [9.17, 15) is 4.79 Å². The Bertz CT molecular complexity index is 675. The van der Waals surface area contributed by atoms with E-state index in [0.717, 1.165) is 50.1 Å². The molecule has 1 aliphatic rings. The maximum atomic E-state index is 12.1. The van der Waals surface area contributed by atoms with Crippen LogP contribution in [0.5, 0.6) is 0 Å². The molecule has 0 bridgehead atoms. The van der Waals surface area contributed by atoms with Gasteiger partial charge in [-0.2, -0.15) is 0 Å². The van der Waals surface area contributed by atoms with Crippen LogP contribution in [0.25, 0.3) is 0 Å². The van der Waals surface area contributed by atoms with Crippen molar-refractivity contribution in [3.05, 3.63) is 65.7 Å². The van der Waals surface area contributed by atoms with Crippen LogP contribution in [-0.2, 0) is 6.42 Å². The molecule has 0 atom stereocenters. The molecule has 1 heterocycles. The molecule has 1 saturated heterocycles. The van der Waals surface area contributed by atoms with Gasteiger partial charge in [0.1, 0.15) is 0 Å². The van der Waals surface area contributed by atoms with Gasteiger partial charge in [0.2, 0.25) is 0 Å². The van der Waals surface area contributed by atoms with Gasteiger partial charge >= 0.3 is 0 Å². The standard InChI is InChI=1S/C22H28N2O/c1-2-22(25)20-10-6-7-11-21(20)23-19-13-16-24(17-14-19)15-12-18-8-4-3-5-9-18/h3-11,19,23H,2,12-17H2,1H3. The smallest absolute Gasteiger partial charge is 0.164 e. The van der Waals surface area contributed by atoms with Gasteiger partial charge in [-0.25, -0.2) is 0 Å². The predicted molar refractivity (Wildman–Crippen MR) is 104 cm³/mol. The highest BCUT2D eigenvalue weighted by atomic mass is 16.1. The lowest BCUT2D eigenvalue weighted by molar-refractivity contribution is 0.0989. The zero-order valence-electron chi connectivity index (χ0n) is 15.1. The van der Waals surface area contributed by atoms with Crippen molar-refractivity contribution in [2.45, 2.75) is 38.6 Å². The van der Waals surface area contributed by atoms with Gasteiger partial charge in [-0.15, -0.1) is 0 Å². The van der Waals surface area contributed by atoms with E-state index >= 15 is 0 Å². The van der Waals surface area contributed by atoms with Crippen molar-refractivity contribution in [2.24, 2.45) is 0 Å². The molecule has 0 amide bonds. The number of piperidine rings is 1. The lowest BCUT2D eigenvalue weighted by Gasteiger charge is -2.33. The molecule has 1 N–H and O–H groups in total. The number of rotatable bonds is 7. The van der Waals surface area contributed by atoms with E-state index < -0.39 is 0 Å². The van der Waals surface area contributed by atoms with Crippen LogP contribution in [0.3, 0.4) is 0 Å². The molecular formula is C22H28N2O. The van der Waals surface area contributed by atoms with E-state index in [0.29, 0.717) is 12.5 Å². The molecule has 0 aliphatic carbocycles. The van der Waals surface area contributed by atoms with Crippen molar-refractivity contribution in [1.29, 1.82) is 0 Å². The summed E-state index contributed by atoms with van der Waals surface area (Å²) < 4.78 is 0. The number of hydrogen-bond acceptors (Lipinski definition) is 3. The van der Waals surface area contributed by atoms with E-state index in [2.05, 4.69) is 40.5 Å². The molecule has 2 aromatic rings. The van der Waals surface area contributed by atoms with Crippen molar-refractivity contribution in [1.82, 2.24) is 4.90 Å². The first-order chi connectivity index (χ1) is 12.3. The first-order valence-corrected chi connectivity index (χ1v) is 9.41. The number of carbonyl (C=O) groups is 1. The van der Waals surface area contributed by atoms with Crippen LogP contribution in [0.1, 0.15) is 42.1 Å². The van der Waals surface area contributed by atoms with Crippen LogP contribution in [0.4, 0.5) is 5.69 Å². The number of nitrogens with one attached hydrogen (secondary N) is 1. The zero-order chi connectivity index (χ0) is 17.5. The number of para-hydroxylation sites is 1. The Labute approximate surface area is 151 Å². The van der Waals surface area contributed by atoms with Crippen molar-refractivity contribution in [3.63, 3.8) is 0 Å². The Morgan fingerprint density at radius 2 is 1.72 bits per heavy atom. The summed E-state index contributed by atoms with van der Waals surface area (Å²) in [5, 5.41) is 3.61. The fourth-order valence-electron chi connectivity index (χ4n) is 3.50. The summed E-state index contributed by atoms with van der Waals surface area (Å²) in [6, 6.07) is 19.1. The molecule has 0 spiro atoms. The van der Waals surface area contributed by atoms with Crippen LogP contribution in [0, 0.1) is 0 Å². The fourth-order valence-corrected chi connectivity index (χ4v) is 3.50. The molecule has 3 rings (SSSR count). The molecular weight excluding hydrogens is 308 g/mol. The summed E-state index contributed by atoms with van der Waals surface area (Å²) >= 11 is 0. The van der Waals surface area contributed by atoms with E-state index in [4.69, 9.17) is 0 Å². The second-order valence-electron chi connectivity index (χ2n) is 6.82. The molecule has 0 radical (unpaired) electrons. The monoisotopic (exact) mass is 336 g/mol. The van der Waals surface area contributed by atoms with Crippen molar-refractivity contribution in [2.75, 3.05) is 25.0 Å². The molecule has 3 nitrogen and oxygen atoms in total. The SMILES string of the molecule is CCC(=O)c1ccccc1NC1CCN(CCc2ccccc2)CC1. The van der Waals surface area contributed by atoms with Crippen LogP contribution in [-0.4, -0.2) is 36.4 Å². The van der Waals surface area contributed by atoms with E-state index in [1.807, 2.05) is 31.2 Å². The summed E-state index contributed by atoms with van der Waals surface area (Å²) in [7, 11) is 0. The Hall–Kier alpha value is -2.13. The van der Waals surface area contributed by atoms with E-state index in [1.54, 1.807) is 0 Å². The number of benzene rings is 2. The first-order valence-electron chi connectivity index (χ1n) is 9.41. The molecule has 1 aliphatic heterocycles. The number of likely N-dealkylation sites (tertiary alicyclic amines) is 1. The quantitative estimate of drug-likeness (QED) is 0.761. The average molecular weight is 336 g/mol. The third kappa shape index (κ3) is 4.93. The summed E-state index contributed by atoms with van der Waals surface area (Å²) in [4.78, 5) is 14.6. The van der Waals surface area contributed by atoms with Crippen LogP contribution in [0.15, 0.2) is 54.6 Å². The minimum Gasteiger partial charge on any atom is -0.382 e. The predicted octanol–water partition coefficient (Wildman–Crippen LogP) is 4.40. The highest BCUT2D eigenvalue weighted by molar-refractivity contribution is 6.01. The molecule has 132 valence electrons. The Morgan fingerprint density at radius 3 is 2.44 bits per heavy atom. The number of anilines is 1. The van der Waals surface area contributed by atoms with Gasteiger partial charge in [-0.3, -0.25) is 4.79 Å². The molecule has 3 heteroatoms. The maximum Gasteiger partial charge on any atom is 0.164 e. The number of ketones is 1. The number of carbonyl (C=O) groups excluding carboxylic acids is 1. The molecule has 2 aromatic carbocycles. The lowest BCUT2D eigenvalue weighted by atomic mass is 10.0. The van der Waals surface area contributed by atoms with Gasteiger partial charge in [0.05, 0.1) is 0 Å². The first kappa shape index (κ1) is 17.7. The van der Waals surface area contributed by atoms with E-state index in [-0.39, 0.29) is 5.78 Å². The maximum absolute atomic E-state index is 12.1. The fraction of sp³-hybridized carbons (Fsp3) is 0.409. The van der Waals surface area contributed by atoms with Gasteiger partial charge in [0.15, 0.2) is 5.78 Å². The summed E-state index contributed by atoms with van der Waals surface area (Å²) in [5.41, 5.74) is 3.24. The number of nitrogens with zero attached hydrogens (tertiary/aromatic N) is 1. The third-order valence-corrected chi connectivity index (χ3v) is 5.06. The minimum atomic E-state index is 0.211. The summed E-state index contributed by atoms with van der Waals surface area (Å²) in [5.74, 6) is 0.211. The molecule has 0 saturated carbocycles. The Balaban J connectivity index is 1.49. The zero-order valence-corrected chi connectivity index (χ0v) is 15.1. The van der Waals surface area contributed by atoms with Gasteiger partial charge in [-0.05, 0) is 37.0 Å². The molecule has 25 heavy (non-hydrogen) atoms. The average Bonchev–Trinajstić information content (AvgIpc) is 2.68. The second-order valence-corrected chi connectivity index (χ2v) is 6.82. The molecule has 1 fully saturated rings. The van der Waals surface area contributed by atoms with Crippen molar-refractivity contribution >= 4 is 11.5 Å². The molecule has 0 aromatic heterocycles. The number of Topliss-reactive ketones (excluding diaryl/α,β-unsaturated/α-hetero) is 1. The van der Waals surface area contributed by atoms with Gasteiger partial charge in [0.25, 0.3) is 0 Å². The highest BCUT2D eigenvalue weighted by Crippen LogP contribution is 2.21. The summed E-state index contributed by atoms with van der Waals surface area (Å²) in [6.45, 7) is 5.29. The Kier molecular flexibility index (Phi) is 6.24. The van der Waals surface area contributed by atoms with Crippen LogP contribution < -0.4 is 5.32 Å². The topological polar surface area (TPSA) is 32.3 Å². The largest absolute Gasteiger partial charge is 0.382 e. The summed E-state index contributed by atoms with van der Waals surface area (Å²) in [6.07, 6.45) is 3.93. The number of hydrogen-bond donors (Lipinski definition) is 1. The van der Waals surface area contributed by atoms with Crippen LogP contribution in [0.2, 0.25) is 0 Å². The normalized spacial score (nSPS) is 15.9. The van der Waals surface area contributed by atoms with Gasteiger partial charge in [-0.1, -0.05) is 49.4 Å². The molecule has 0 unspecified atom stereocenters. The minimum absolute atomic E-state index is 0.211. The van der Waals surface area contributed by atoms with Gasteiger partial charge < -0.3 is 10.2 Å². The second kappa shape index (κ2) is 8.82. The van der Waals surface area contributed by atoms with Crippen molar-refractivity contribution < 1.29 is 4.79 Å². The van der Waals surface area contributed by atoms with Crippen LogP contribution >= 0.6 is 0 Å². The van der Waals surface area contributed by atoms with Gasteiger partial charge in [0, 0.05) is 43.3 Å². The highest BCUT2D eigenvalue weighted by Gasteiger charge is 2.20.